The molecule has 1 aromatic carbocycles. The minimum Gasteiger partial charge on any atom is -0.490 e. The molecule has 25 heavy (non-hydrogen) atoms. The molecule has 0 aromatic heterocycles. The van der Waals surface area contributed by atoms with Gasteiger partial charge in [-0.1, -0.05) is 12.1 Å². The van der Waals surface area contributed by atoms with E-state index >= 15 is 0 Å². The van der Waals surface area contributed by atoms with Crippen LogP contribution in [0.15, 0.2) is 24.3 Å². The molecule has 0 saturated carbocycles. The lowest BCUT2D eigenvalue weighted by Crippen LogP contribution is -2.46. The van der Waals surface area contributed by atoms with Crippen molar-refractivity contribution in [3.63, 3.8) is 0 Å². The quantitative estimate of drug-likeness (QED) is 0.839. The summed E-state index contributed by atoms with van der Waals surface area (Å²) in [7, 11) is 0. The number of hydrogen-bond acceptors (Lipinski definition) is 5. The van der Waals surface area contributed by atoms with Crippen LogP contribution in [-0.4, -0.2) is 67.0 Å². The Morgan fingerprint density at radius 1 is 1.20 bits per heavy atom. The first-order valence-corrected chi connectivity index (χ1v) is 8.59. The second-order valence-electron chi connectivity index (χ2n) is 6.28. The lowest BCUT2D eigenvalue weighted by atomic mass is 10.1. The Hall–Kier alpha value is -2.12. The number of carbonyl (C=O) groups excluding carboxylic acids is 1. The lowest BCUT2D eigenvalue weighted by Gasteiger charge is -2.32. The van der Waals surface area contributed by atoms with Crippen LogP contribution >= 0.6 is 0 Å². The number of carbonyl (C=O) groups is 2. The van der Waals surface area contributed by atoms with Crippen LogP contribution in [0.3, 0.4) is 0 Å². The molecule has 2 saturated heterocycles. The number of amides is 1. The minimum absolute atomic E-state index is 0.0755. The maximum absolute atomic E-state index is 12.9. The summed E-state index contributed by atoms with van der Waals surface area (Å²) in [4.78, 5) is 25.4. The average Bonchev–Trinajstić information content (AvgIpc) is 3.13. The summed E-state index contributed by atoms with van der Waals surface area (Å²) < 4.78 is 16.8. The molecule has 0 aliphatic carbocycles. The third-order valence-electron chi connectivity index (χ3n) is 4.39. The number of morpholine rings is 1. The van der Waals surface area contributed by atoms with Gasteiger partial charge in [0.05, 0.1) is 30.8 Å². The zero-order valence-corrected chi connectivity index (χ0v) is 14.1. The molecule has 136 valence electrons. The van der Waals surface area contributed by atoms with Gasteiger partial charge in [-0.2, -0.15) is 0 Å². The van der Waals surface area contributed by atoms with Crippen LogP contribution in [0, 0.1) is 0 Å². The molecular weight excluding hydrogens is 326 g/mol. The maximum Gasteiger partial charge on any atom is 0.306 e. The summed E-state index contributed by atoms with van der Waals surface area (Å²) in [5, 5.41) is 8.91. The molecule has 2 aliphatic heterocycles. The second kappa shape index (κ2) is 8.31. The van der Waals surface area contributed by atoms with Gasteiger partial charge in [-0.3, -0.25) is 9.59 Å². The van der Waals surface area contributed by atoms with E-state index in [0.29, 0.717) is 31.1 Å². The normalized spacial score (nSPS) is 23.4. The van der Waals surface area contributed by atoms with Crippen molar-refractivity contribution in [1.29, 1.82) is 0 Å². The zero-order valence-electron chi connectivity index (χ0n) is 14.1. The second-order valence-corrected chi connectivity index (χ2v) is 6.28. The van der Waals surface area contributed by atoms with Crippen molar-refractivity contribution in [3.05, 3.63) is 29.8 Å². The zero-order chi connectivity index (χ0) is 17.6. The average molecular weight is 349 g/mol. The van der Waals surface area contributed by atoms with Crippen LogP contribution in [0.4, 0.5) is 0 Å². The Bertz CT molecular complexity index is 613. The topological polar surface area (TPSA) is 85.3 Å². The van der Waals surface area contributed by atoms with E-state index in [2.05, 4.69) is 0 Å². The molecule has 0 radical (unpaired) electrons. The van der Waals surface area contributed by atoms with E-state index in [0.717, 1.165) is 19.4 Å². The largest absolute Gasteiger partial charge is 0.490 e. The van der Waals surface area contributed by atoms with E-state index in [1.54, 1.807) is 23.1 Å². The highest BCUT2D eigenvalue weighted by Gasteiger charge is 2.28. The first-order chi connectivity index (χ1) is 12.1. The van der Waals surface area contributed by atoms with Crippen molar-refractivity contribution < 1.29 is 28.9 Å². The molecule has 1 amide bonds. The fraction of sp³-hybridized carbons (Fsp3) is 0.556. The SMILES string of the molecule is O=C(O)C[C@H]1CN(C(=O)c2ccccc2OC[C@@H]2CCCO2)CCO1. The van der Waals surface area contributed by atoms with Crippen LogP contribution in [0.2, 0.25) is 0 Å². The molecule has 2 aliphatic rings. The fourth-order valence-electron chi connectivity index (χ4n) is 3.12. The number of carboxylic acid groups (broad SMARTS) is 1. The third-order valence-corrected chi connectivity index (χ3v) is 4.39. The van der Waals surface area contributed by atoms with Crippen molar-refractivity contribution in [2.75, 3.05) is 32.9 Å². The number of nitrogens with zero attached hydrogens (tertiary/aromatic N) is 1. The molecule has 2 fully saturated rings. The fourth-order valence-corrected chi connectivity index (χ4v) is 3.12. The summed E-state index contributed by atoms with van der Waals surface area (Å²) in [6.45, 7) is 2.23. The third kappa shape index (κ3) is 4.70. The van der Waals surface area contributed by atoms with Crippen LogP contribution in [0.5, 0.6) is 5.75 Å². The Kier molecular flexibility index (Phi) is 5.88. The highest BCUT2D eigenvalue weighted by atomic mass is 16.5. The van der Waals surface area contributed by atoms with E-state index in [1.165, 1.54) is 0 Å². The summed E-state index contributed by atoms with van der Waals surface area (Å²) in [6, 6.07) is 7.13. The predicted molar refractivity (Wildman–Crippen MR) is 88.8 cm³/mol. The first-order valence-electron chi connectivity index (χ1n) is 8.59. The van der Waals surface area contributed by atoms with Gasteiger partial charge < -0.3 is 24.2 Å². The van der Waals surface area contributed by atoms with Crippen LogP contribution in [0.1, 0.15) is 29.6 Å². The van der Waals surface area contributed by atoms with Crippen LogP contribution in [-0.2, 0) is 14.3 Å². The standard InChI is InChI=1S/C18H23NO6/c20-17(21)10-14-11-19(7-9-24-14)18(22)15-5-1-2-6-16(15)25-12-13-4-3-8-23-13/h1-2,5-6,13-14H,3-4,7-12H2,(H,20,21)/t13-,14-/m0/s1. The van der Waals surface area contributed by atoms with Crippen molar-refractivity contribution in [3.8, 4) is 5.75 Å². The van der Waals surface area contributed by atoms with Gasteiger partial charge in [0.15, 0.2) is 0 Å². The van der Waals surface area contributed by atoms with E-state index < -0.39 is 12.1 Å². The van der Waals surface area contributed by atoms with Crippen LogP contribution in [0.25, 0.3) is 0 Å². The molecule has 2 heterocycles. The Balaban J connectivity index is 1.65. The van der Waals surface area contributed by atoms with Crippen molar-refractivity contribution >= 4 is 11.9 Å². The number of rotatable bonds is 6. The molecule has 1 N–H and O–H groups in total. The van der Waals surface area contributed by atoms with Crippen molar-refractivity contribution in [1.82, 2.24) is 4.90 Å². The van der Waals surface area contributed by atoms with Gasteiger partial charge in [-0.05, 0) is 25.0 Å². The highest BCUT2D eigenvalue weighted by molar-refractivity contribution is 5.97. The molecule has 0 bridgehead atoms. The summed E-state index contributed by atoms with van der Waals surface area (Å²) in [5.41, 5.74) is 0.483. The van der Waals surface area contributed by atoms with Crippen molar-refractivity contribution in [2.24, 2.45) is 0 Å². The van der Waals surface area contributed by atoms with E-state index in [-0.39, 0.29) is 25.0 Å². The number of carboxylic acids is 1. The van der Waals surface area contributed by atoms with E-state index in [9.17, 15) is 9.59 Å². The van der Waals surface area contributed by atoms with Gasteiger partial charge in [0.25, 0.3) is 5.91 Å². The van der Waals surface area contributed by atoms with Crippen molar-refractivity contribution in [2.45, 2.75) is 31.5 Å². The molecule has 2 atom stereocenters. The Morgan fingerprint density at radius 2 is 2.00 bits per heavy atom. The molecule has 0 unspecified atom stereocenters. The van der Waals surface area contributed by atoms with Gasteiger partial charge in [0, 0.05) is 19.7 Å². The Labute approximate surface area is 146 Å². The minimum atomic E-state index is -0.931. The van der Waals surface area contributed by atoms with E-state index in [4.69, 9.17) is 19.3 Å². The molecule has 3 rings (SSSR count). The number of aliphatic carboxylic acids is 1. The first kappa shape index (κ1) is 17.7. The number of hydrogen-bond donors (Lipinski definition) is 1. The van der Waals surface area contributed by atoms with Gasteiger partial charge in [0.1, 0.15) is 12.4 Å². The van der Waals surface area contributed by atoms with Gasteiger partial charge >= 0.3 is 5.97 Å². The monoisotopic (exact) mass is 349 g/mol. The number of para-hydroxylation sites is 1. The van der Waals surface area contributed by atoms with Gasteiger partial charge in [0.2, 0.25) is 0 Å². The number of benzene rings is 1. The molecule has 0 spiro atoms. The van der Waals surface area contributed by atoms with E-state index in [1.807, 2.05) is 6.07 Å². The smallest absolute Gasteiger partial charge is 0.306 e. The highest BCUT2D eigenvalue weighted by Crippen LogP contribution is 2.23. The Morgan fingerprint density at radius 3 is 2.76 bits per heavy atom. The lowest BCUT2D eigenvalue weighted by molar-refractivity contribution is -0.141. The molecule has 7 nitrogen and oxygen atoms in total. The predicted octanol–water partition coefficient (Wildman–Crippen LogP) is 1.56. The van der Waals surface area contributed by atoms with Crippen LogP contribution < -0.4 is 4.74 Å². The van der Waals surface area contributed by atoms with Gasteiger partial charge in [-0.25, -0.2) is 0 Å². The molecular formula is C18H23NO6. The molecule has 7 heteroatoms. The molecule has 1 aromatic rings. The summed E-state index contributed by atoms with van der Waals surface area (Å²) >= 11 is 0. The summed E-state index contributed by atoms with van der Waals surface area (Å²) in [6.07, 6.45) is 1.49. The number of ether oxygens (including phenoxy) is 3. The van der Waals surface area contributed by atoms with Gasteiger partial charge in [-0.15, -0.1) is 0 Å². The summed E-state index contributed by atoms with van der Waals surface area (Å²) in [5.74, 6) is -0.564. The maximum atomic E-state index is 12.9.